The van der Waals surface area contributed by atoms with Gasteiger partial charge < -0.3 is 5.32 Å². The first kappa shape index (κ1) is 13.1. The standard InChI is InChI=1S/C14H17N3O2/c1-2-3-9-15-13(18)12-10-16-17(14(12)19)11-7-5-4-6-8-11/h4-8,10,16H,2-3,9H2,1H3,(H,15,18). The molecular formula is C14H17N3O2. The zero-order valence-electron chi connectivity index (χ0n) is 10.8. The van der Waals surface area contributed by atoms with E-state index in [1.807, 2.05) is 25.1 Å². The van der Waals surface area contributed by atoms with Crippen molar-refractivity contribution in [2.45, 2.75) is 19.8 Å². The summed E-state index contributed by atoms with van der Waals surface area (Å²) in [5, 5.41) is 5.54. The van der Waals surface area contributed by atoms with Gasteiger partial charge in [-0.3, -0.25) is 14.7 Å². The van der Waals surface area contributed by atoms with Crippen molar-refractivity contribution < 1.29 is 4.79 Å². The van der Waals surface area contributed by atoms with Crippen LogP contribution in [0, 0.1) is 0 Å². The molecule has 5 nitrogen and oxygen atoms in total. The molecule has 0 saturated heterocycles. The molecule has 0 unspecified atom stereocenters. The molecule has 1 aromatic carbocycles. The molecule has 5 heteroatoms. The van der Waals surface area contributed by atoms with Crippen molar-refractivity contribution in [2.24, 2.45) is 0 Å². The molecule has 0 bridgehead atoms. The molecule has 1 heterocycles. The number of benzene rings is 1. The lowest BCUT2D eigenvalue weighted by Crippen LogP contribution is -2.30. The quantitative estimate of drug-likeness (QED) is 0.802. The van der Waals surface area contributed by atoms with E-state index >= 15 is 0 Å². The van der Waals surface area contributed by atoms with Crippen LogP contribution in [0.1, 0.15) is 30.1 Å². The fourth-order valence-corrected chi connectivity index (χ4v) is 1.78. The zero-order valence-corrected chi connectivity index (χ0v) is 10.8. The van der Waals surface area contributed by atoms with Gasteiger partial charge in [0.05, 0.1) is 5.69 Å². The molecule has 0 aliphatic heterocycles. The minimum absolute atomic E-state index is 0.139. The second kappa shape index (κ2) is 6.04. The molecule has 0 radical (unpaired) electrons. The number of hydrogen-bond donors (Lipinski definition) is 2. The number of para-hydroxylation sites is 1. The van der Waals surface area contributed by atoms with Crippen LogP contribution in [0.4, 0.5) is 0 Å². The topological polar surface area (TPSA) is 66.9 Å². The summed E-state index contributed by atoms with van der Waals surface area (Å²) < 4.78 is 1.36. The largest absolute Gasteiger partial charge is 0.352 e. The highest BCUT2D eigenvalue weighted by Gasteiger charge is 2.14. The third kappa shape index (κ3) is 2.93. The number of carbonyl (C=O) groups is 1. The number of hydrogen-bond acceptors (Lipinski definition) is 2. The number of aromatic nitrogens is 2. The summed E-state index contributed by atoms with van der Waals surface area (Å²) in [5.74, 6) is -0.329. The van der Waals surface area contributed by atoms with E-state index in [0.717, 1.165) is 12.8 Å². The van der Waals surface area contributed by atoms with E-state index in [1.165, 1.54) is 10.9 Å². The third-order valence-corrected chi connectivity index (χ3v) is 2.85. The molecule has 100 valence electrons. The Morgan fingerprint density at radius 3 is 2.74 bits per heavy atom. The highest BCUT2D eigenvalue weighted by Crippen LogP contribution is 2.03. The zero-order chi connectivity index (χ0) is 13.7. The Labute approximate surface area is 111 Å². The van der Waals surface area contributed by atoms with Crippen molar-refractivity contribution >= 4 is 5.91 Å². The lowest BCUT2D eigenvalue weighted by Gasteiger charge is -2.01. The maximum Gasteiger partial charge on any atom is 0.284 e. The summed E-state index contributed by atoms with van der Waals surface area (Å²) in [6.07, 6.45) is 3.35. The normalized spacial score (nSPS) is 10.4. The fraction of sp³-hybridized carbons (Fsp3) is 0.286. The highest BCUT2D eigenvalue weighted by molar-refractivity contribution is 5.93. The van der Waals surface area contributed by atoms with Gasteiger partial charge in [-0.15, -0.1) is 0 Å². The number of aromatic amines is 1. The van der Waals surface area contributed by atoms with Crippen LogP contribution in [0.25, 0.3) is 5.69 Å². The van der Waals surface area contributed by atoms with E-state index < -0.39 is 0 Å². The first-order valence-corrected chi connectivity index (χ1v) is 6.38. The Hall–Kier alpha value is -2.30. The van der Waals surface area contributed by atoms with Gasteiger partial charge in [-0.1, -0.05) is 31.5 Å². The minimum Gasteiger partial charge on any atom is -0.352 e. The Balaban J connectivity index is 2.19. The van der Waals surface area contributed by atoms with E-state index in [2.05, 4.69) is 10.4 Å². The van der Waals surface area contributed by atoms with Crippen molar-refractivity contribution in [2.75, 3.05) is 6.54 Å². The number of nitrogens with zero attached hydrogens (tertiary/aromatic N) is 1. The van der Waals surface area contributed by atoms with E-state index in [1.54, 1.807) is 12.1 Å². The Morgan fingerprint density at radius 2 is 2.05 bits per heavy atom. The molecule has 2 aromatic rings. The van der Waals surface area contributed by atoms with Crippen molar-refractivity contribution in [1.29, 1.82) is 0 Å². The van der Waals surface area contributed by atoms with E-state index in [9.17, 15) is 9.59 Å². The lowest BCUT2D eigenvalue weighted by molar-refractivity contribution is 0.0952. The predicted octanol–water partition coefficient (Wildman–Crippen LogP) is 1.70. The molecule has 0 aliphatic carbocycles. The summed E-state index contributed by atoms with van der Waals surface area (Å²) in [6, 6.07) is 9.15. The van der Waals surface area contributed by atoms with Gasteiger partial charge >= 0.3 is 0 Å². The average molecular weight is 259 g/mol. The number of amides is 1. The van der Waals surface area contributed by atoms with Gasteiger partial charge in [-0.25, -0.2) is 4.68 Å². The van der Waals surface area contributed by atoms with Crippen LogP contribution in [0.2, 0.25) is 0 Å². The number of carbonyl (C=O) groups excluding carboxylic acids is 1. The van der Waals surface area contributed by atoms with Gasteiger partial charge in [0.1, 0.15) is 5.56 Å². The summed E-state index contributed by atoms with van der Waals surface area (Å²) >= 11 is 0. The van der Waals surface area contributed by atoms with Gasteiger partial charge in [0.2, 0.25) is 0 Å². The molecule has 1 amide bonds. The first-order valence-electron chi connectivity index (χ1n) is 6.38. The molecule has 2 N–H and O–H groups in total. The molecule has 0 saturated carbocycles. The van der Waals surface area contributed by atoms with Gasteiger partial charge in [0.25, 0.3) is 11.5 Å². The van der Waals surface area contributed by atoms with Gasteiger partial charge in [0.15, 0.2) is 0 Å². The molecule has 2 rings (SSSR count). The van der Waals surface area contributed by atoms with Crippen LogP contribution in [0.3, 0.4) is 0 Å². The maximum atomic E-state index is 12.1. The van der Waals surface area contributed by atoms with Crippen molar-refractivity contribution in [3.05, 3.63) is 52.4 Å². The molecule has 0 spiro atoms. The van der Waals surface area contributed by atoms with Crippen LogP contribution >= 0.6 is 0 Å². The average Bonchev–Trinajstić information content (AvgIpc) is 2.82. The van der Waals surface area contributed by atoms with Crippen molar-refractivity contribution in [1.82, 2.24) is 15.1 Å². The number of nitrogens with one attached hydrogen (secondary N) is 2. The van der Waals surface area contributed by atoms with E-state index in [4.69, 9.17) is 0 Å². The second-order valence-electron chi connectivity index (χ2n) is 4.27. The molecule has 1 aromatic heterocycles. The summed E-state index contributed by atoms with van der Waals surface area (Å²) in [5.41, 5.74) is 0.514. The van der Waals surface area contributed by atoms with Crippen LogP contribution in [-0.4, -0.2) is 22.2 Å². The number of rotatable bonds is 5. The Bertz CT molecular complexity index is 599. The first-order chi connectivity index (χ1) is 9.24. The Kier molecular flexibility index (Phi) is 4.18. The smallest absolute Gasteiger partial charge is 0.284 e. The minimum atomic E-state index is -0.333. The van der Waals surface area contributed by atoms with Gasteiger partial charge in [-0.2, -0.15) is 0 Å². The summed E-state index contributed by atoms with van der Waals surface area (Å²) in [4.78, 5) is 24.0. The SMILES string of the molecule is CCCCNC(=O)c1c[nH]n(-c2ccccc2)c1=O. The lowest BCUT2D eigenvalue weighted by atomic mass is 10.3. The fourth-order valence-electron chi connectivity index (χ4n) is 1.78. The van der Waals surface area contributed by atoms with Crippen molar-refractivity contribution in [3.8, 4) is 5.69 Å². The van der Waals surface area contributed by atoms with Crippen LogP contribution in [0.15, 0.2) is 41.3 Å². The predicted molar refractivity (Wildman–Crippen MR) is 73.6 cm³/mol. The molecule has 0 aliphatic rings. The number of unbranched alkanes of at least 4 members (excludes halogenated alkanes) is 1. The molecular weight excluding hydrogens is 242 g/mol. The van der Waals surface area contributed by atoms with Gasteiger partial charge in [0, 0.05) is 12.7 Å². The monoisotopic (exact) mass is 259 g/mol. The highest BCUT2D eigenvalue weighted by atomic mass is 16.2. The molecule has 0 fully saturated rings. The van der Waals surface area contributed by atoms with Crippen LogP contribution in [0.5, 0.6) is 0 Å². The summed E-state index contributed by atoms with van der Waals surface area (Å²) in [6.45, 7) is 2.64. The second-order valence-corrected chi connectivity index (χ2v) is 4.27. The summed E-state index contributed by atoms with van der Waals surface area (Å²) in [7, 11) is 0. The Morgan fingerprint density at radius 1 is 1.32 bits per heavy atom. The van der Waals surface area contributed by atoms with Gasteiger partial charge in [-0.05, 0) is 18.6 Å². The number of H-pyrrole nitrogens is 1. The van der Waals surface area contributed by atoms with E-state index in [-0.39, 0.29) is 17.0 Å². The van der Waals surface area contributed by atoms with Crippen LogP contribution < -0.4 is 10.9 Å². The van der Waals surface area contributed by atoms with E-state index in [0.29, 0.717) is 12.2 Å². The van der Waals surface area contributed by atoms with Crippen LogP contribution in [-0.2, 0) is 0 Å². The maximum absolute atomic E-state index is 12.1. The molecule has 0 atom stereocenters. The molecule has 19 heavy (non-hydrogen) atoms. The third-order valence-electron chi connectivity index (χ3n) is 2.85. The van der Waals surface area contributed by atoms with Crippen molar-refractivity contribution in [3.63, 3.8) is 0 Å².